The molecule has 3 N–H and O–H groups in total. The van der Waals surface area contributed by atoms with Crippen molar-refractivity contribution in [1.82, 2.24) is 9.97 Å². The highest BCUT2D eigenvalue weighted by molar-refractivity contribution is 5.49. The summed E-state index contributed by atoms with van der Waals surface area (Å²) in [6.07, 6.45) is 4.95. The molecule has 1 aromatic rings. The summed E-state index contributed by atoms with van der Waals surface area (Å²) in [6, 6.07) is 1.94. The zero-order valence-corrected chi connectivity index (χ0v) is 9.32. The molecule has 0 atom stereocenters. The first kappa shape index (κ1) is 9.84. The van der Waals surface area contributed by atoms with Crippen molar-refractivity contribution in [1.29, 1.82) is 0 Å². The molecule has 3 rings (SSSR count). The van der Waals surface area contributed by atoms with Crippen molar-refractivity contribution < 1.29 is 0 Å². The molecule has 5 heteroatoms. The van der Waals surface area contributed by atoms with Crippen molar-refractivity contribution >= 4 is 11.6 Å². The molecule has 1 saturated carbocycles. The van der Waals surface area contributed by atoms with Crippen LogP contribution in [-0.4, -0.2) is 23.1 Å². The molecule has 2 heterocycles. The lowest BCUT2D eigenvalue weighted by Gasteiger charge is -2.17. The van der Waals surface area contributed by atoms with Crippen molar-refractivity contribution in [3.05, 3.63) is 11.9 Å². The van der Waals surface area contributed by atoms with Crippen LogP contribution in [0.25, 0.3) is 0 Å². The molecule has 1 saturated heterocycles. The van der Waals surface area contributed by atoms with Crippen LogP contribution < -0.4 is 16.2 Å². The van der Waals surface area contributed by atoms with Gasteiger partial charge in [-0.3, -0.25) is 0 Å². The van der Waals surface area contributed by atoms with E-state index in [1.54, 1.807) is 0 Å². The molecule has 0 amide bonds. The molecule has 2 fully saturated rings. The number of nitrogen functional groups attached to an aromatic ring is 1. The summed E-state index contributed by atoms with van der Waals surface area (Å²) in [5.74, 6) is 8.73. The molecule has 2 aliphatic rings. The van der Waals surface area contributed by atoms with E-state index in [0.29, 0.717) is 5.92 Å². The molecular formula is C11H17N5. The number of nitrogens with two attached hydrogens (primary N) is 1. The molecule has 1 aliphatic heterocycles. The van der Waals surface area contributed by atoms with Gasteiger partial charge < -0.3 is 10.3 Å². The number of nitrogens with zero attached hydrogens (tertiary/aromatic N) is 3. The molecular weight excluding hydrogens is 202 g/mol. The van der Waals surface area contributed by atoms with Gasteiger partial charge in [-0.1, -0.05) is 0 Å². The molecule has 0 unspecified atom stereocenters. The first-order valence-corrected chi connectivity index (χ1v) is 5.97. The summed E-state index contributed by atoms with van der Waals surface area (Å²) in [5.41, 5.74) is 2.64. The van der Waals surface area contributed by atoms with E-state index < -0.39 is 0 Å². The lowest BCUT2D eigenvalue weighted by Crippen LogP contribution is -2.21. The highest BCUT2D eigenvalue weighted by Crippen LogP contribution is 2.39. The van der Waals surface area contributed by atoms with E-state index in [1.165, 1.54) is 25.7 Å². The van der Waals surface area contributed by atoms with Gasteiger partial charge in [-0.2, -0.15) is 0 Å². The summed E-state index contributed by atoms with van der Waals surface area (Å²) in [5, 5.41) is 0. The summed E-state index contributed by atoms with van der Waals surface area (Å²) < 4.78 is 0. The fraction of sp³-hybridized carbons (Fsp3) is 0.636. The van der Waals surface area contributed by atoms with Crippen LogP contribution in [0.4, 0.5) is 11.6 Å². The van der Waals surface area contributed by atoms with Crippen LogP contribution in [0, 0.1) is 0 Å². The van der Waals surface area contributed by atoms with Gasteiger partial charge in [0, 0.05) is 25.1 Å². The average molecular weight is 219 g/mol. The summed E-state index contributed by atoms with van der Waals surface area (Å²) in [7, 11) is 0. The van der Waals surface area contributed by atoms with Gasteiger partial charge in [0.1, 0.15) is 17.5 Å². The molecule has 0 bridgehead atoms. The van der Waals surface area contributed by atoms with E-state index in [0.717, 1.165) is 30.5 Å². The van der Waals surface area contributed by atoms with E-state index in [-0.39, 0.29) is 0 Å². The Morgan fingerprint density at radius 3 is 2.62 bits per heavy atom. The predicted octanol–water partition coefficient (Wildman–Crippen LogP) is 1.24. The number of rotatable bonds is 3. The Balaban J connectivity index is 1.92. The monoisotopic (exact) mass is 219 g/mol. The Hall–Kier alpha value is -1.36. The van der Waals surface area contributed by atoms with E-state index in [4.69, 9.17) is 5.84 Å². The van der Waals surface area contributed by atoms with Gasteiger partial charge in [-0.15, -0.1) is 0 Å². The maximum absolute atomic E-state index is 5.45. The second-order valence-electron chi connectivity index (χ2n) is 4.58. The lowest BCUT2D eigenvalue weighted by molar-refractivity contribution is 0.872. The van der Waals surface area contributed by atoms with Crippen molar-refractivity contribution in [3.8, 4) is 0 Å². The highest BCUT2D eigenvalue weighted by atomic mass is 15.3. The first-order chi connectivity index (χ1) is 7.86. The zero-order valence-electron chi connectivity index (χ0n) is 9.32. The average Bonchev–Trinajstić information content (AvgIpc) is 3.04. The quantitative estimate of drug-likeness (QED) is 0.591. The minimum atomic E-state index is 0.564. The van der Waals surface area contributed by atoms with Crippen LogP contribution in [0.1, 0.15) is 37.4 Å². The molecule has 1 aromatic heterocycles. The Kier molecular flexibility index (Phi) is 2.40. The van der Waals surface area contributed by atoms with Crippen LogP contribution in [0.2, 0.25) is 0 Å². The second kappa shape index (κ2) is 3.90. The number of hydrazine groups is 1. The molecule has 0 radical (unpaired) electrons. The van der Waals surface area contributed by atoms with Crippen molar-refractivity contribution in [2.45, 2.75) is 31.6 Å². The van der Waals surface area contributed by atoms with Crippen molar-refractivity contribution in [2.75, 3.05) is 23.4 Å². The fourth-order valence-corrected chi connectivity index (χ4v) is 2.16. The van der Waals surface area contributed by atoms with Gasteiger partial charge in [-0.25, -0.2) is 15.8 Å². The van der Waals surface area contributed by atoms with Crippen LogP contribution in [-0.2, 0) is 0 Å². The number of hydrogen-bond donors (Lipinski definition) is 2. The number of anilines is 2. The third kappa shape index (κ3) is 1.82. The molecule has 86 valence electrons. The summed E-state index contributed by atoms with van der Waals surface area (Å²) in [6.45, 7) is 2.20. The minimum absolute atomic E-state index is 0.564. The second-order valence-corrected chi connectivity index (χ2v) is 4.58. The SMILES string of the molecule is NNc1cc(N2CCCC2)nc(C2CC2)n1. The summed E-state index contributed by atoms with van der Waals surface area (Å²) in [4.78, 5) is 11.4. The van der Waals surface area contributed by atoms with Gasteiger partial charge in [-0.05, 0) is 25.7 Å². The molecule has 0 spiro atoms. The first-order valence-electron chi connectivity index (χ1n) is 5.97. The number of aromatic nitrogens is 2. The number of hydrogen-bond acceptors (Lipinski definition) is 5. The zero-order chi connectivity index (χ0) is 11.0. The molecule has 5 nitrogen and oxygen atoms in total. The van der Waals surface area contributed by atoms with Crippen molar-refractivity contribution in [2.24, 2.45) is 5.84 Å². The highest BCUT2D eigenvalue weighted by Gasteiger charge is 2.28. The van der Waals surface area contributed by atoms with Crippen LogP contribution in [0.5, 0.6) is 0 Å². The van der Waals surface area contributed by atoms with Gasteiger partial charge in [0.05, 0.1) is 0 Å². The van der Waals surface area contributed by atoms with E-state index in [1.807, 2.05) is 6.07 Å². The van der Waals surface area contributed by atoms with Crippen LogP contribution >= 0.6 is 0 Å². The van der Waals surface area contributed by atoms with Gasteiger partial charge >= 0.3 is 0 Å². The third-order valence-corrected chi connectivity index (χ3v) is 3.25. The van der Waals surface area contributed by atoms with E-state index in [9.17, 15) is 0 Å². The van der Waals surface area contributed by atoms with Gasteiger partial charge in [0.15, 0.2) is 0 Å². The smallest absolute Gasteiger partial charge is 0.145 e. The molecule has 16 heavy (non-hydrogen) atoms. The number of nitrogens with one attached hydrogen (secondary N) is 1. The topological polar surface area (TPSA) is 67.1 Å². The Labute approximate surface area is 95.0 Å². The largest absolute Gasteiger partial charge is 0.356 e. The summed E-state index contributed by atoms with van der Waals surface area (Å²) >= 11 is 0. The Morgan fingerprint density at radius 2 is 2.00 bits per heavy atom. The third-order valence-electron chi connectivity index (χ3n) is 3.25. The van der Waals surface area contributed by atoms with Crippen molar-refractivity contribution in [3.63, 3.8) is 0 Å². The van der Waals surface area contributed by atoms with Gasteiger partial charge in [0.25, 0.3) is 0 Å². The Morgan fingerprint density at radius 1 is 1.25 bits per heavy atom. The molecule has 0 aromatic carbocycles. The maximum atomic E-state index is 5.45. The van der Waals surface area contributed by atoms with Crippen LogP contribution in [0.3, 0.4) is 0 Å². The lowest BCUT2D eigenvalue weighted by atomic mass is 10.3. The fourth-order valence-electron chi connectivity index (χ4n) is 2.16. The standard InChI is InChI=1S/C11H17N5/c12-15-9-7-10(16-5-1-2-6-16)14-11(13-9)8-3-4-8/h7-8H,1-6,12H2,(H,13,14,15). The normalized spacial score (nSPS) is 20.2. The van der Waals surface area contributed by atoms with E-state index in [2.05, 4.69) is 20.3 Å². The predicted molar refractivity (Wildman–Crippen MR) is 63.3 cm³/mol. The van der Waals surface area contributed by atoms with Gasteiger partial charge in [0.2, 0.25) is 0 Å². The minimum Gasteiger partial charge on any atom is -0.356 e. The molecule has 1 aliphatic carbocycles. The van der Waals surface area contributed by atoms with E-state index >= 15 is 0 Å². The maximum Gasteiger partial charge on any atom is 0.145 e. The van der Waals surface area contributed by atoms with Crippen LogP contribution in [0.15, 0.2) is 6.07 Å². The Bertz CT molecular complexity index is 382.